The lowest BCUT2D eigenvalue weighted by molar-refractivity contribution is -0.139. The van der Waals surface area contributed by atoms with Crippen LogP contribution in [0.4, 0.5) is 0 Å². The Bertz CT molecular complexity index is 252. The fourth-order valence-corrected chi connectivity index (χ4v) is 0.999. The molecular formula is C14H25NO3. The van der Waals surface area contributed by atoms with E-state index in [-0.39, 0.29) is 5.97 Å². The second-order valence-electron chi connectivity index (χ2n) is 3.41. The lowest BCUT2D eigenvalue weighted by atomic mass is 10.4. The van der Waals surface area contributed by atoms with Crippen LogP contribution in [0.15, 0.2) is 37.8 Å². The van der Waals surface area contributed by atoms with Crippen LogP contribution in [0.1, 0.15) is 20.8 Å². The van der Waals surface area contributed by atoms with Gasteiger partial charge in [0.15, 0.2) is 0 Å². The molecule has 0 aliphatic heterocycles. The van der Waals surface area contributed by atoms with Gasteiger partial charge in [0, 0.05) is 12.1 Å². The minimum absolute atomic E-state index is 0.299. The van der Waals surface area contributed by atoms with Crippen molar-refractivity contribution in [1.82, 2.24) is 4.90 Å². The maximum Gasteiger partial charge on any atom is 0.333 e. The van der Waals surface area contributed by atoms with E-state index in [4.69, 9.17) is 4.74 Å². The Morgan fingerprint density at radius 1 is 1.22 bits per heavy atom. The molecule has 0 aliphatic carbocycles. The van der Waals surface area contributed by atoms with Gasteiger partial charge in [0.2, 0.25) is 0 Å². The van der Waals surface area contributed by atoms with E-state index in [0.717, 1.165) is 19.6 Å². The highest BCUT2D eigenvalue weighted by Crippen LogP contribution is 1.93. The molecule has 0 atom stereocenters. The number of nitrogens with zero attached hydrogens (tertiary/aromatic N) is 1. The number of esters is 1. The molecule has 0 saturated carbocycles. The van der Waals surface area contributed by atoms with Gasteiger partial charge in [-0.2, -0.15) is 0 Å². The molecule has 18 heavy (non-hydrogen) atoms. The number of rotatable bonds is 8. The zero-order chi connectivity index (χ0) is 14.4. The zero-order valence-electron chi connectivity index (χ0n) is 11.8. The average molecular weight is 255 g/mol. The van der Waals surface area contributed by atoms with E-state index in [2.05, 4.69) is 43.2 Å². The smallest absolute Gasteiger partial charge is 0.333 e. The molecule has 0 aromatic carbocycles. The van der Waals surface area contributed by atoms with Crippen LogP contribution in [0, 0.1) is 0 Å². The van der Waals surface area contributed by atoms with Crippen molar-refractivity contribution in [2.24, 2.45) is 0 Å². The van der Waals surface area contributed by atoms with Crippen LogP contribution >= 0.6 is 0 Å². The second kappa shape index (κ2) is 13.5. The highest BCUT2D eigenvalue weighted by molar-refractivity contribution is 5.86. The molecule has 0 spiro atoms. The van der Waals surface area contributed by atoms with Gasteiger partial charge >= 0.3 is 5.97 Å². The van der Waals surface area contributed by atoms with Crippen molar-refractivity contribution in [2.45, 2.75) is 20.8 Å². The van der Waals surface area contributed by atoms with Gasteiger partial charge in [-0.1, -0.05) is 33.6 Å². The normalized spacial score (nSPS) is 8.89. The maximum atomic E-state index is 11.0. The average Bonchev–Trinajstić information content (AvgIpc) is 2.36. The van der Waals surface area contributed by atoms with Gasteiger partial charge in [-0.25, -0.2) is 4.79 Å². The minimum Gasteiger partial charge on any atom is -0.474 e. The number of hydrogen-bond acceptors (Lipinski definition) is 4. The summed E-state index contributed by atoms with van der Waals surface area (Å²) in [6.45, 7) is 19.1. The molecule has 0 aromatic heterocycles. The van der Waals surface area contributed by atoms with Crippen LogP contribution in [0.5, 0.6) is 0 Å². The van der Waals surface area contributed by atoms with Crippen molar-refractivity contribution >= 4 is 5.97 Å². The molecule has 0 aliphatic rings. The molecule has 0 unspecified atom stereocenters. The first-order valence-electron chi connectivity index (χ1n) is 5.95. The van der Waals surface area contributed by atoms with Crippen molar-refractivity contribution in [3.8, 4) is 0 Å². The lowest BCUT2D eigenvalue weighted by Crippen LogP contribution is -2.27. The highest BCUT2D eigenvalue weighted by Gasteiger charge is 2.04. The molecule has 4 nitrogen and oxygen atoms in total. The van der Waals surface area contributed by atoms with E-state index in [9.17, 15) is 4.79 Å². The molecule has 0 N–H and O–H groups in total. The van der Waals surface area contributed by atoms with Gasteiger partial charge in [0.05, 0.1) is 12.5 Å². The summed E-state index contributed by atoms with van der Waals surface area (Å²) in [5.74, 6) is -0.299. The molecule has 4 heteroatoms. The first-order valence-corrected chi connectivity index (χ1v) is 5.95. The van der Waals surface area contributed by atoms with Crippen LogP contribution in [0.25, 0.3) is 0 Å². The van der Waals surface area contributed by atoms with Gasteiger partial charge in [-0.05, 0) is 20.0 Å². The van der Waals surface area contributed by atoms with E-state index < -0.39 is 0 Å². The zero-order valence-corrected chi connectivity index (χ0v) is 11.8. The molecule has 0 amide bonds. The van der Waals surface area contributed by atoms with Gasteiger partial charge in [-0.3, -0.25) is 0 Å². The number of likely N-dealkylation sites (N-methyl/N-ethyl adjacent to an activating group) is 1. The van der Waals surface area contributed by atoms with Gasteiger partial charge in [-0.15, -0.1) is 0 Å². The monoisotopic (exact) mass is 255 g/mol. The Kier molecular flexibility index (Phi) is 14.1. The van der Waals surface area contributed by atoms with Crippen molar-refractivity contribution in [2.75, 3.05) is 26.2 Å². The topological polar surface area (TPSA) is 38.8 Å². The molecule has 104 valence electrons. The van der Waals surface area contributed by atoms with Crippen LogP contribution in [-0.4, -0.2) is 37.1 Å². The minimum atomic E-state index is -0.299. The van der Waals surface area contributed by atoms with Crippen LogP contribution in [-0.2, 0) is 14.3 Å². The molecule has 0 fully saturated rings. The molecule has 0 radical (unpaired) electrons. The van der Waals surface area contributed by atoms with Crippen molar-refractivity contribution < 1.29 is 14.3 Å². The predicted octanol–water partition coefficient (Wildman–Crippen LogP) is 2.74. The molecular weight excluding hydrogens is 230 g/mol. The Morgan fingerprint density at radius 3 is 2.00 bits per heavy atom. The second-order valence-corrected chi connectivity index (χ2v) is 3.41. The maximum absolute atomic E-state index is 11.0. The Balaban J connectivity index is 0. The van der Waals surface area contributed by atoms with Crippen LogP contribution in [0.2, 0.25) is 0 Å². The Morgan fingerprint density at radius 2 is 1.72 bits per heavy atom. The fraction of sp³-hybridized carbons (Fsp3) is 0.500. The summed E-state index contributed by atoms with van der Waals surface area (Å²) in [5.41, 5.74) is 0.458. The van der Waals surface area contributed by atoms with Crippen molar-refractivity contribution in [3.63, 3.8) is 0 Å². The quantitative estimate of drug-likeness (QED) is 0.380. The third kappa shape index (κ3) is 12.5. The van der Waals surface area contributed by atoms with Crippen molar-refractivity contribution in [1.29, 1.82) is 0 Å². The van der Waals surface area contributed by atoms with E-state index in [0.29, 0.717) is 12.2 Å². The molecule has 0 rings (SSSR count). The summed E-state index contributed by atoms with van der Waals surface area (Å²) >= 11 is 0. The Hall–Kier alpha value is -1.55. The van der Waals surface area contributed by atoms with Gasteiger partial charge < -0.3 is 14.4 Å². The first kappa shape index (κ1) is 18.8. The highest BCUT2D eigenvalue weighted by atomic mass is 16.5. The van der Waals surface area contributed by atoms with E-state index in [1.54, 1.807) is 6.92 Å². The SMILES string of the molecule is C=C(C)C(=O)OCCN(CC)CC.C=COC=C. The Labute approximate surface area is 111 Å². The number of carbonyl (C=O) groups excluding carboxylic acids is 1. The van der Waals surface area contributed by atoms with E-state index in [1.165, 1.54) is 12.5 Å². The van der Waals surface area contributed by atoms with Gasteiger partial charge in [0.25, 0.3) is 0 Å². The largest absolute Gasteiger partial charge is 0.474 e. The summed E-state index contributed by atoms with van der Waals surface area (Å²) in [4.78, 5) is 13.2. The number of carbonyl (C=O) groups is 1. The number of ether oxygens (including phenoxy) is 2. The van der Waals surface area contributed by atoms with Crippen molar-refractivity contribution in [3.05, 3.63) is 37.8 Å². The molecule has 0 bridgehead atoms. The summed E-state index contributed by atoms with van der Waals surface area (Å²) in [5, 5.41) is 0. The van der Waals surface area contributed by atoms with Crippen LogP contribution in [0.3, 0.4) is 0 Å². The molecule has 0 saturated heterocycles. The van der Waals surface area contributed by atoms with Crippen LogP contribution < -0.4 is 0 Å². The third-order valence-electron chi connectivity index (χ3n) is 2.08. The predicted molar refractivity (Wildman–Crippen MR) is 75.0 cm³/mol. The van der Waals surface area contributed by atoms with E-state index >= 15 is 0 Å². The summed E-state index contributed by atoms with van der Waals surface area (Å²) in [7, 11) is 0. The molecule has 0 aromatic rings. The molecule has 0 heterocycles. The summed E-state index contributed by atoms with van der Waals surface area (Å²) in [6.07, 6.45) is 2.62. The summed E-state index contributed by atoms with van der Waals surface area (Å²) < 4.78 is 9.32. The summed E-state index contributed by atoms with van der Waals surface area (Å²) in [6, 6.07) is 0. The third-order valence-corrected chi connectivity index (χ3v) is 2.08. The van der Waals surface area contributed by atoms with Gasteiger partial charge in [0.1, 0.15) is 6.61 Å². The van der Waals surface area contributed by atoms with E-state index in [1.807, 2.05) is 0 Å². The number of hydrogen-bond donors (Lipinski definition) is 0. The fourth-order valence-electron chi connectivity index (χ4n) is 0.999. The first-order chi connectivity index (χ1) is 8.53. The standard InChI is InChI=1S/C10H19NO2.C4H6O/c1-5-11(6-2)7-8-13-10(12)9(3)4;1-3-5-4-2/h3,5-8H2,1-2,4H3;3-4H,1-2H2. The lowest BCUT2D eigenvalue weighted by Gasteiger charge is -2.17.